The summed E-state index contributed by atoms with van der Waals surface area (Å²) >= 11 is 0. The number of rotatable bonds is 10. The minimum Gasteiger partial charge on any atom is -0.493 e. The topological polar surface area (TPSA) is 36.0 Å². The van der Waals surface area contributed by atoms with Crippen LogP contribution in [0.2, 0.25) is 0 Å². The molecule has 1 aliphatic heterocycles. The SMILES string of the molecule is Cc1c(OCCCN(C)Cc2ccccc2)ccc(C(C)N2CCN(C(=O)c3ccc(C(F)(F)F)cc3)CC2)c1C. The Hall–Kier alpha value is -3.36. The van der Waals surface area contributed by atoms with Crippen LogP contribution in [0.15, 0.2) is 66.7 Å². The third-order valence-corrected chi connectivity index (χ3v) is 8.07. The molecule has 41 heavy (non-hydrogen) atoms. The summed E-state index contributed by atoms with van der Waals surface area (Å²) in [6.45, 7) is 11.4. The van der Waals surface area contributed by atoms with Crippen molar-refractivity contribution in [2.24, 2.45) is 0 Å². The average Bonchev–Trinajstić information content (AvgIpc) is 2.97. The van der Waals surface area contributed by atoms with Crippen molar-refractivity contribution in [1.82, 2.24) is 14.7 Å². The van der Waals surface area contributed by atoms with E-state index in [0.29, 0.717) is 32.8 Å². The molecule has 1 unspecified atom stereocenters. The van der Waals surface area contributed by atoms with Crippen LogP contribution in [0.25, 0.3) is 0 Å². The quantitative estimate of drug-likeness (QED) is 0.254. The molecule has 8 heteroatoms. The Labute approximate surface area is 241 Å². The van der Waals surface area contributed by atoms with Gasteiger partial charge in [0.2, 0.25) is 0 Å². The van der Waals surface area contributed by atoms with Crippen LogP contribution in [0.4, 0.5) is 13.2 Å². The maximum Gasteiger partial charge on any atom is 0.416 e. The maximum absolute atomic E-state index is 12.9. The lowest BCUT2D eigenvalue weighted by molar-refractivity contribution is -0.137. The van der Waals surface area contributed by atoms with E-state index in [2.05, 4.69) is 74.0 Å². The molecule has 1 heterocycles. The summed E-state index contributed by atoms with van der Waals surface area (Å²) in [6, 6.07) is 19.3. The maximum atomic E-state index is 12.9. The first-order valence-corrected chi connectivity index (χ1v) is 14.2. The van der Waals surface area contributed by atoms with Crippen molar-refractivity contribution in [3.63, 3.8) is 0 Å². The van der Waals surface area contributed by atoms with E-state index in [1.54, 1.807) is 4.90 Å². The zero-order valence-corrected chi connectivity index (χ0v) is 24.4. The first-order chi connectivity index (χ1) is 19.5. The number of halogens is 3. The van der Waals surface area contributed by atoms with Gasteiger partial charge in [0.1, 0.15) is 5.75 Å². The highest BCUT2D eigenvalue weighted by Gasteiger charge is 2.31. The molecule has 0 saturated carbocycles. The summed E-state index contributed by atoms with van der Waals surface area (Å²) in [5.74, 6) is 0.682. The molecule has 0 spiro atoms. The third kappa shape index (κ3) is 7.89. The van der Waals surface area contributed by atoms with Crippen molar-refractivity contribution >= 4 is 5.91 Å². The van der Waals surface area contributed by atoms with Crippen LogP contribution in [-0.4, -0.2) is 67.0 Å². The molecular weight excluding hydrogens is 527 g/mol. The summed E-state index contributed by atoms with van der Waals surface area (Å²) in [7, 11) is 2.13. The Balaban J connectivity index is 1.26. The predicted molar refractivity (Wildman–Crippen MR) is 156 cm³/mol. The van der Waals surface area contributed by atoms with E-state index in [-0.39, 0.29) is 17.5 Å². The largest absolute Gasteiger partial charge is 0.493 e. The summed E-state index contributed by atoms with van der Waals surface area (Å²) in [5, 5.41) is 0. The predicted octanol–water partition coefficient (Wildman–Crippen LogP) is 6.74. The number of hydrogen-bond acceptors (Lipinski definition) is 4. The smallest absolute Gasteiger partial charge is 0.416 e. The van der Waals surface area contributed by atoms with Crippen molar-refractivity contribution in [2.45, 2.75) is 46.0 Å². The molecule has 0 N–H and O–H groups in total. The van der Waals surface area contributed by atoms with Gasteiger partial charge >= 0.3 is 6.18 Å². The number of piperazine rings is 1. The number of carbonyl (C=O) groups excluding carboxylic acids is 1. The zero-order valence-electron chi connectivity index (χ0n) is 24.4. The molecule has 220 valence electrons. The molecule has 1 amide bonds. The molecule has 0 radical (unpaired) electrons. The second kappa shape index (κ2) is 13.5. The molecule has 1 fully saturated rings. The van der Waals surface area contributed by atoms with Gasteiger partial charge in [-0.1, -0.05) is 36.4 Å². The van der Waals surface area contributed by atoms with E-state index < -0.39 is 11.7 Å². The van der Waals surface area contributed by atoms with Gasteiger partial charge in [0, 0.05) is 50.9 Å². The lowest BCUT2D eigenvalue weighted by atomic mass is 9.96. The molecule has 3 aromatic carbocycles. The Morgan fingerprint density at radius 1 is 0.927 bits per heavy atom. The van der Waals surface area contributed by atoms with E-state index in [1.807, 2.05) is 6.07 Å². The van der Waals surface area contributed by atoms with Gasteiger partial charge in [0.05, 0.1) is 12.2 Å². The van der Waals surface area contributed by atoms with E-state index in [0.717, 1.165) is 43.0 Å². The number of amides is 1. The van der Waals surface area contributed by atoms with E-state index in [1.165, 1.54) is 28.8 Å². The van der Waals surface area contributed by atoms with Gasteiger partial charge in [0.25, 0.3) is 5.91 Å². The Bertz CT molecular complexity index is 1290. The minimum atomic E-state index is -4.41. The number of alkyl halides is 3. The Morgan fingerprint density at radius 2 is 1.59 bits per heavy atom. The second-order valence-electron chi connectivity index (χ2n) is 10.9. The van der Waals surface area contributed by atoms with Crippen molar-refractivity contribution in [1.29, 1.82) is 0 Å². The third-order valence-electron chi connectivity index (χ3n) is 8.07. The summed E-state index contributed by atoms with van der Waals surface area (Å²) in [4.78, 5) is 19.3. The van der Waals surface area contributed by atoms with E-state index in [4.69, 9.17) is 4.74 Å². The number of nitrogens with zero attached hydrogens (tertiary/aromatic N) is 3. The molecule has 5 nitrogen and oxygen atoms in total. The van der Waals surface area contributed by atoms with Gasteiger partial charge < -0.3 is 14.5 Å². The fourth-order valence-electron chi connectivity index (χ4n) is 5.41. The van der Waals surface area contributed by atoms with Crippen molar-refractivity contribution in [3.05, 3.63) is 100 Å². The summed E-state index contributed by atoms with van der Waals surface area (Å²) in [5.41, 5.74) is 4.42. The number of ether oxygens (including phenoxy) is 1. The molecule has 1 atom stereocenters. The Kier molecular flexibility index (Phi) is 10.1. The molecule has 1 aliphatic rings. The molecule has 1 saturated heterocycles. The van der Waals surface area contributed by atoms with Crippen LogP contribution in [0.1, 0.15) is 57.6 Å². The molecule has 3 aromatic rings. The first kappa shape index (κ1) is 30.6. The second-order valence-corrected chi connectivity index (χ2v) is 10.9. The highest BCUT2D eigenvalue weighted by Crippen LogP contribution is 2.32. The van der Waals surface area contributed by atoms with Crippen LogP contribution < -0.4 is 4.74 Å². The van der Waals surface area contributed by atoms with Gasteiger partial charge in [-0.2, -0.15) is 13.2 Å². The molecule has 4 rings (SSSR count). The first-order valence-electron chi connectivity index (χ1n) is 14.2. The number of hydrogen-bond donors (Lipinski definition) is 0. The highest BCUT2D eigenvalue weighted by molar-refractivity contribution is 5.94. The van der Waals surface area contributed by atoms with Crippen LogP contribution in [0, 0.1) is 13.8 Å². The van der Waals surface area contributed by atoms with E-state index >= 15 is 0 Å². The lowest BCUT2D eigenvalue weighted by Crippen LogP contribution is -2.49. The van der Waals surface area contributed by atoms with Crippen molar-refractivity contribution in [2.75, 3.05) is 46.4 Å². The fraction of sp³-hybridized carbons (Fsp3) is 0.424. The minimum absolute atomic E-state index is 0.165. The molecule has 0 aromatic heterocycles. The van der Waals surface area contributed by atoms with Gasteiger partial charge in [-0.05, 0) is 86.8 Å². The van der Waals surface area contributed by atoms with Gasteiger partial charge in [-0.15, -0.1) is 0 Å². The summed E-state index contributed by atoms with van der Waals surface area (Å²) in [6.07, 6.45) is -3.47. The van der Waals surface area contributed by atoms with Gasteiger partial charge in [-0.3, -0.25) is 9.69 Å². The normalized spacial score (nSPS) is 15.3. The standard InChI is InChI=1S/C33H40F3N3O2/c1-24-25(2)31(41-22-8-17-37(4)23-27-9-6-5-7-10-27)16-15-30(24)26(3)38-18-20-39(21-19-38)32(40)28-11-13-29(14-12-28)33(34,35)36/h5-7,9-16,26H,8,17-23H2,1-4H3. The van der Waals surface area contributed by atoms with Crippen LogP contribution in [0.3, 0.4) is 0 Å². The van der Waals surface area contributed by atoms with Crippen molar-refractivity contribution < 1.29 is 22.7 Å². The van der Waals surface area contributed by atoms with Crippen molar-refractivity contribution in [3.8, 4) is 5.75 Å². The van der Waals surface area contributed by atoms with Gasteiger partial charge in [-0.25, -0.2) is 0 Å². The fourth-order valence-corrected chi connectivity index (χ4v) is 5.41. The highest BCUT2D eigenvalue weighted by atomic mass is 19.4. The number of benzene rings is 3. The van der Waals surface area contributed by atoms with E-state index in [9.17, 15) is 18.0 Å². The van der Waals surface area contributed by atoms with Crippen LogP contribution >= 0.6 is 0 Å². The van der Waals surface area contributed by atoms with Gasteiger partial charge in [0.15, 0.2) is 0 Å². The summed E-state index contributed by atoms with van der Waals surface area (Å²) < 4.78 is 44.7. The molecule has 0 aliphatic carbocycles. The zero-order chi connectivity index (χ0) is 29.6. The number of carbonyl (C=O) groups is 1. The van der Waals surface area contributed by atoms with Crippen LogP contribution in [0.5, 0.6) is 5.75 Å². The molecular formula is C33H40F3N3O2. The monoisotopic (exact) mass is 567 g/mol. The lowest BCUT2D eigenvalue weighted by Gasteiger charge is -2.39. The Morgan fingerprint density at radius 3 is 2.22 bits per heavy atom. The van der Waals surface area contributed by atoms with Crippen LogP contribution in [-0.2, 0) is 12.7 Å². The average molecular weight is 568 g/mol. The molecule has 0 bridgehead atoms.